The average Bonchev–Trinajstić information content (AvgIpc) is 3.10. The summed E-state index contributed by atoms with van der Waals surface area (Å²) in [7, 11) is 0. The van der Waals surface area contributed by atoms with E-state index in [1.807, 2.05) is 11.0 Å². The van der Waals surface area contributed by atoms with E-state index in [-0.39, 0.29) is 23.6 Å². The second-order valence-electron chi connectivity index (χ2n) is 6.73. The van der Waals surface area contributed by atoms with Crippen molar-refractivity contribution >= 4 is 5.91 Å². The molecule has 2 heterocycles. The molecule has 1 aliphatic heterocycles. The molecule has 1 unspecified atom stereocenters. The summed E-state index contributed by atoms with van der Waals surface area (Å²) in [5, 5.41) is 9.03. The largest absolute Gasteiger partial charge is 0.470 e. The Morgan fingerprint density at radius 3 is 2.83 bits per heavy atom. The summed E-state index contributed by atoms with van der Waals surface area (Å²) in [6.45, 7) is 1.29. The van der Waals surface area contributed by atoms with Gasteiger partial charge in [-0.05, 0) is 12.3 Å². The van der Waals surface area contributed by atoms with Gasteiger partial charge in [0, 0.05) is 31.8 Å². The lowest BCUT2D eigenvalue weighted by molar-refractivity contribution is -0.130. The summed E-state index contributed by atoms with van der Waals surface area (Å²) in [6.07, 6.45) is 11.9. The first-order valence-electron chi connectivity index (χ1n) is 8.92. The van der Waals surface area contributed by atoms with E-state index in [9.17, 15) is 4.79 Å². The third-order valence-electron chi connectivity index (χ3n) is 5.04. The number of carbonyl (C=O) groups excluding carboxylic acids is 1. The van der Waals surface area contributed by atoms with Crippen LogP contribution in [0.4, 0.5) is 0 Å². The monoisotopic (exact) mass is 328 g/mol. The number of carbonyl (C=O) groups is 1. The minimum Gasteiger partial charge on any atom is -0.470 e. The van der Waals surface area contributed by atoms with Crippen LogP contribution in [0, 0.1) is 17.2 Å². The highest BCUT2D eigenvalue weighted by atomic mass is 16.5. The first-order chi connectivity index (χ1) is 11.8. The van der Waals surface area contributed by atoms with Crippen LogP contribution in [-0.4, -0.2) is 40.0 Å². The molecule has 0 N–H and O–H groups in total. The van der Waals surface area contributed by atoms with E-state index < -0.39 is 0 Å². The van der Waals surface area contributed by atoms with Crippen molar-refractivity contribution in [3.05, 3.63) is 18.1 Å². The Balaban J connectivity index is 1.46. The second kappa shape index (κ2) is 8.09. The van der Waals surface area contributed by atoms with Crippen LogP contribution in [-0.2, 0) is 4.79 Å². The number of nitriles is 1. The Bertz CT molecular complexity index is 607. The Morgan fingerprint density at radius 2 is 2.04 bits per heavy atom. The Hall–Kier alpha value is -2.16. The molecule has 0 radical (unpaired) electrons. The third kappa shape index (κ3) is 4.22. The highest BCUT2D eigenvalue weighted by molar-refractivity contribution is 5.76. The second-order valence-corrected chi connectivity index (χ2v) is 6.73. The average molecular weight is 328 g/mol. The number of amides is 1. The molecule has 2 fully saturated rings. The summed E-state index contributed by atoms with van der Waals surface area (Å²) in [5.74, 6) is 1.22. The molecular formula is C18H24N4O2. The molecule has 2 aliphatic rings. The lowest BCUT2D eigenvalue weighted by Gasteiger charge is -2.22. The van der Waals surface area contributed by atoms with Crippen molar-refractivity contribution < 1.29 is 9.53 Å². The van der Waals surface area contributed by atoms with Crippen molar-refractivity contribution in [3.8, 4) is 11.9 Å². The van der Waals surface area contributed by atoms with Crippen LogP contribution >= 0.6 is 0 Å². The van der Waals surface area contributed by atoms with Crippen LogP contribution in [0.25, 0.3) is 0 Å². The molecule has 1 aromatic rings. The first kappa shape index (κ1) is 16.7. The highest BCUT2D eigenvalue weighted by Gasteiger charge is 2.29. The van der Waals surface area contributed by atoms with Gasteiger partial charge >= 0.3 is 0 Å². The molecule has 1 saturated heterocycles. The van der Waals surface area contributed by atoms with Gasteiger partial charge in [0.15, 0.2) is 0 Å². The van der Waals surface area contributed by atoms with Gasteiger partial charge in [0.2, 0.25) is 11.6 Å². The summed E-state index contributed by atoms with van der Waals surface area (Å²) >= 11 is 0. The maximum atomic E-state index is 12.4. The molecule has 1 saturated carbocycles. The van der Waals surface area contributed by atoms with Crippen molar-refractivity contribution in [1.29, 1.82) is 5.26 Å². The van der Waals surface area contributed by atoms with Crippen LogP contribution in [0.2, 0.25) is 0 Å². The summed E-state index contributed by atoms with van der Waals surface area (Å²) < 4.78 is 5.78. The molecule has 128 valence electrons. The van der Waals surface area contributed by atoms with Crippen LogP contribution in [0.5, 0.6) is 5.88 Å². The number of nitrogens with zero attached hydrogens (tertiary/aromatic N) is 4. The standard InChI is InChI=1S/C18H24N4O2/c19-12-16-18(21-10-9-20-16)24-15-8-11-22(13-15)17(23)7-6-14-4-2-1-3-5-14/h9-10,14-15H,1-8,11,13H2. The van der Waals surface area contributed by atoms with Gasteiger partial charge in [-0.25, -0.2) is 9.97 Å². The zero-order valence-electron chi connectivity index (χ0n) is 14.0. The van der Waals surface area contributed by atoms with Gasteiger partial charge in [-0.15, -0.1) is 0 Å². The molecule has 0 aromatic carbocycles. The van der Waals surface area contributed by atoms with Gasteiger partial charge in [0.25, 0.3) is 5.88 Å². The van der Waals surface area contributed by atoms with E-state index in [0.717, 1.165) is 25.3 Å². The normalized spacial score (nSPS) is 21.5. The minimum absolute atomic E-state index is 0.104. The lowest BCUT2D eigenvalue weighted by Crippen LogP contribution is -2.31. The van der Waals surface area contributed by atoms with Crippen molar-refractivity contribution in [2.75, 3.05) is 13.1 Å². The van der Waals surface area contributed by atoms with Gasteiger partial charge < -0.3 is 9.64 Å². The van der Waals surface area contributed by atoms with Crippen molar-refractivity contribution in [2.45, 2.75) is 57.5 Å². The SMILES string of the molecule is N#Cc1nccnc1OC1CCN(C(=O)CCC2CCCCC2)C1. The lowest BCUT2D eigenvalue weighted by atomic mass is 9.86. The maximum Gasteiger partial charge on any atom is 0.251 e. The fourth-order valence-electron chi connectivity index (χ4n) is 3.66. The number of ether oxygens (including phenoxy) is 1. The number of likely N-dealkylation sites (tertiary alicyclic amines) is 1. The fraction of sp³-hybridized carbons (Fsp3) is 0.667. The van der Waals surface area contributed by atoms with E-state index in [2.05, 4.69) is 9.97 Å². The van der Waals surface area contributed by atoms with E-state index in [0.29, 0.717) is 13.0 Å². The summed E-state index contributed by atoms with van der Waals surface area (Å²) in [4.78, 5) is 22.3. The molecule has 3 rings (SSSR count). The first-order valence-corrected chi connectivity index (χ1v) is 8.92. The Morgan fingerprint density at radius 1 is 1.25 bits per heavy atom. The molecule has 1 aromatic heterocycles. The van der Waals surface area contributed by atoms with E-state index in [4.69, 9.17) is 10.00 Å². The van der Waals surface area contributed by atoms with E-state index in [1.165, 1.54) is 44.5 Å². The van der Waals surface area contributed by atoms with Crippen LogP contribution in [0.3, 0.4) is 0 Å². The molecule has 1 amide bonds. The minimum atomic E-state index is -0.104. The zero-order valence-corrected chi connectivity index (χ0v) is 14.0. The number of hydrogen-bond acceptors (Lipinski definition) is 5. The van der Waals surface area contributed by atoms with Gasteiger partial charge in [0.1, 0.15) is 12.2 Å². The molecule has 1 atom stereocenters. The van der Waals surface area contributed by atoms with Gasteiger partial charge in [0.05, 0.1) is 6.54 Å². The Kier molecular flexibility index (Phi) is 5.63. The smallest absolute Gasteiger partial charge is 0.251 e. The molecule has 1 aliphatic carbocycles. The van der Waals surface area contributed by atoms with Crippen LogP contribution < -0.4 is 4.74 Å². The summed E-state index contributed by atoms with van der Waals surface area (Å²) in [6, 6.07) is 1.98. The van der Waals surface area contributed by atoms with Crippen molar-refractivity contribution in [3.63, 3.8) is 0 Å². The maximum absolute atomic E-state index is 12.4. The number of aromatic nitrogens is 2. The van der Waals surface area contributed by atoms with Crippen LogP contribution in [0.1, 0.15) is 57.1 Å². The molecule has 0 spiro atoms. The molecule has 6 heteroatoms. The van der Waals surface area contributed by atoms with Gasteiger partial charge in [-0.3, -0.25) is 4.79 Å². The molecule has 0 bridgehead atoms. The predicted octanol–water partition coefficient (Wildman–Crippen LogP) is 2.69. The zero-order chi connectivity index (χ0) is 16.8. The third-order valence-corrected chi connectivity index (χ3v) is 5.04. The summed E-state index contributed by atoms with van der Waals surface area (Å²) in [5.41, 5.74) is 0.194. The van der Waals surface area contributed by atoms with Gasteiger partial charge in [-0.2, -0.15) is 5.26 Å². The van der Waals surface area contributed by atoms with Crippen molar-refractivity contribution in [2.24, 2.45) is 5.92 Å². The predicted molar refractivity (Wildman–Crippen MR) is 88.2 cm³/mol. The van der Waals surface area contributed by atoms with E-state index >= 15 is 0 Å². The Labute approximate surface area is 142 Å². The van der Waals surface area contributed by atoms with Crippen molar-refractivity contribution in [1.82, 2.24) is 14.9 Å². The van der Waals surface area contributed by atoms with E-state index in [1.54, 1.807) is 0 Å². The molecule has 6 nitrogen and oxygen atoms in total. The number of rotatable bonds is 5. The van der Waals surface area contributed by atoms with Gasteiger partial charge in [-0.1, -0.05) is 32.1 Å². The molecule has 24 heavy (non-hydrogen) atoms. The molecular weight excluding hydrogens is 304 g/mol. The quantitative estimate of drug-likeness (QED) is 0.830. The van der Waals surface area contributed by atoms with Crippen LogP contribution in [0.15, 0.2) is 12.4 Å². The highest BCUT2D eigenvalue weighted by Crippen LogP contribution is 2.28. The fourth-order valence-corrected chi connectivity index (χ4v) is 3.66. The topological polar surface area (TPSA) is 79.1 Å². The number of hydrogen-bond donors (Lipinski definition) is 0.